The number of hydrogen-bond acceptors (Lipinski definition) is 5. The molecule has 0 aliphatic rings. The summed E-state index contributed by atoms with van der Waals surface area (Å²) in [4.78, 5) is 32.8. The molecule has 0 saturated heterocycles. The smallest absolute Gasteiger partial charge is 0.255 e. The first-order valence-corrected chi connectivity index (χ1v) is 12.6. The minimum atomic E-state index is -0.466. The molecule has 192 valence electrons. The maximum atomic E-state index is 13.4. The van der Waals surface area contributed by atoms with E-state index >= 15 is 0 Å². The molecular formula is C30H25Cl2N3O3. The third-order valence-electron chi connectivity index (χ3n) is 5.85. The number of benzene rings is 3. The monoisotopic (exact) mass is 545 g/mol. The zero-order valence-corrected chi connectivity index (χ0v) is 22.3. The van der Waals surface area contributed by atoms with E-state index < -0.39 is 5.91 Å². The summed E-state index contributed by atoms with van der Waals surface area (Å²) in [6.07, 6.45) is 3.79. The molecule has 0 unspecified atom stereocenters. The fourth-order valence-corrected chi connectivity index (χ4v) is 4.10. The van der Waals surface area contributed by atoms with E-state index in [1.807, 2.05) is 31.0 Å². The average Bonchev–Trinajstić information content (AvgIpc) is 2.94. The van der Waals surface area contributed by atoms with Crippen LogP contribution in [0.4, 0.5) is 17.1 Å². The highest BCUT2D eigenvalue weighted by Crippen LogP contribution is 2.26. The number of allylic oxidation sites excluding steroid dienone is 1. The molecule has 0 aliphatic heterocycles. The van der Waals surface area contributed by atoms with Gasteiger partial charge in [0, 0.05) is 34.4 Å². The van der Waals surface area contributed by atoms with Gasteiger partial charge in [-0.05, 0) is 79.2 Å². The summed E-state index contributed by atoms with van der Waals surface area (Å²) in [5, 5.41) is 14.3. The van der Waals surface area contributed by atoms with E-state index in [1.54, 1.807) is 66.9 Å². The van der Waals surface area contributed by atoms with Crippen molar-refractivity contribution in [1.82, 2.24) is 4.98 Å². The summed E-state index contributed by atoms with van der Waals surface area (Å²) in [5.74, 6) is -0.878. The Labute approximate surface area is 231 Å². The number of nitrogens with zero attached hydrogens (tertiary/aromatic N) is 2. The minimum absolute atomic E-state index is 0.0261. The molecule has 0 atom stereocenters. The van der Waals surface area contributed by atoms with E-state index in [0.29, 0.717) is 27.7 Å². The van der Waals surface area contributed by atoms with Gasteiger partial charge >= 0.3 is 0 Å². The summed E-state index contributed by atoms with van der Waals surface area (Å²) in [5.41, 5.74) is 3.09. The summed E-state index contributed by atoms with van der Waals surface area (Å²) < 4.78 is 0. The van der Waals surface area contributed by atoms with Crippen LogP contribution in [0.5, 0.6) is 0 Å². The molecule has 1 aromatic heterocycles. The second kappa shape index (κ2) is 11.9. The number of rotatable bonds is 8. The number of carbonyl (C=O) groups excluding carboxylic acids is 2. The average molecular weight is 546 g/mol. The van der Waals surface area contributed by atoms with Crippen LogP contribution in [0.15, 0.2) is 91.1 Å². The van der Waals surface area contributed by atoms with Crippen LogP contribution in [-0.2, 0) is 0 Å². The number of ketones is 1. The van der Waals surface area contributed by atoms with Gasteiger partial charge < -0.3 is 15.3 Å². The van der Waals surface area contributed by atoms with Crippen LogP contribution in [0, 0.1) is 0 Å². The highest BCUT2D eigenvalue weighted by molar-refractivity contribution is 6.34. The van der Waals surface area contributed by atoms with E-state index in [9.17, 15) is 14.7 Å². The van der Waals surface area contributed by atoms with Crippen molar-refractivity contribution in [2.75, 3.05) is 17.3 Å². The maximum absolute atomic E-state index is 13.4. The van der Waals surface area contributed by atoms with E-state index in [2.05, 4.69) is 10.3 Å². The molecule has 1 amide bonds. The Morgan fingerprint density at radius 1 is 0.921 bits per heavy atom. The summed E-state index contributed by atoms with van der Waals surface area (Å²) in [6, 6.07) is 22.2. The van der Waals surface area contributed by atoms with Crippen molar-refractivity contribution in [3.05, 3.63) is 124 Å². The van der Waals surface area contributed by atoms with Crippen molar-refractivity contribution in [3.8, 4) is 0 Å². The number of aromatic nitrogens is 1. The topological polar surface area (TPSA) is 82.5 Å². The van der Waals surface area contributed by atoms with Crippen LogP contribution < -0.4 is 10.2 Å². The van der Waals surface area contributed by atoms with Crippen LogP contribution >= 0.6 is 23.2 Å². The number of pyridine rings is 1. The van der Waals surface area contributed by atoms with E-state index in [4.69, 9.17) is 23.2 Å². The molecule has 0 aliphatic carbocycles. The van der Waals surface area contributed by atoms with Crippen LogP contribution in [0.25, 0.3) is 5.76 Å². The third kappa shape index (κ3) is 6.22. The van der Waals surface area contributed by atoms with E-state index in [-0.39, 0.29) is 28.4 Å². The van der Waals surface area contributed by atoms with E-state index in [1.165, 1.54) is 12.1 Å². The Morgan fingerprint density at radius 3 is 2.24 bits per heavy atom. The SMILES string of the molecule is CC/C=C(\O)c1cc(C(=O)Nc2ccccc2Cl)cc(C(=O)c2ccc(N(C)c3ccc(Cl)cc3)cn2)c1. The Morgan fingerprint density at radius 2 is 1.58 bits per heavy atom. The zero-order chi connectivity index (χ0) is 27.2. The van der Waals surface area contributed by atoms with Gasteiger partial charge in [-0.25, -0.2) is 0 Å². The van der Waals surface area contributed by atoms with Crippen LogP contribution in [0.1, 0.15) is 45.3 Å². The van der Waals surface area contributed by atoms with Crippen molar-refractivity contribution in [2.24, 2.45) is 0 Å². The molecule has 4 rings (SSSR count). The number of anilines is 3. The van der Waals surface area contributed by atoms with Crippen molar-refractivity contribution < 1.29 is 14.7 Å². The normalized spacial score (nSPS) is 11.2. The first-order chi connectivity index (χ1) is 18.3. The molecule has 4 aromatic rings. The Balaban J connectivity index is 1.64. The number of amides is 1. The van der Waals surface area contributed by atoms with Gasteiger partial charge in [0.15, 0.2) is 0 Å². The van der Waals surface area contributed by atoms with Gasteiger partial charge in [0.2, 0.25) is 5.78 Å². The lowest BCUT2D eigenvalue weighted by atomic mass is 9.99. The Hall–Kier alpha value is -4.13. The largest absolute Gasteiger partial charge is 0.508 e. The number of halogens is 2. The highest BCUT2D eigenvalue weighted by Gasteiger charge is 2.18. The molecular weight excluding hydrogens is 521 g/mol. The highest BCUT2D eigenvalue weighted by atomic mass is 35.5. The maximum Gasteiger partial charge on any atom is 0.255 e. The second-order valence-electron chi connectivity index (χ2n) is 8.50. The molecule has 6 nitrogen and oxygen atoms in total. The van der Waals surface area contributed by atoms with Gasteiger partial charge in [-0.15, -0.1) is 0 Å². The van der Waals surface area contributed by atoms with Crippen molar-refractivity contribution in [1.29, 1.82) is 0 Å². The molecule has 3 aromatic carbocycles. The minimum Gasteiger partial charge on any atom is -0.508 e. The van der Waals surface area contributed by atoms with Gasteiger partial charge in [0.05, 0.1) is 22.6 Å². The van der Waals surface area contributed by atoms with Crippen molar-refractivity contribution in [3.63, 3.8) is 0 Å². The standard InChI is InChI=1S/C30H25Cl2N3O3/c1-3-6-28(36)19-15-20(17-21(16-19)30(38)34-26-8-5-4-7-25(26)32)29(37)27-14-13-24(18-33-27)35(2)23-11-9-22(31)10-12-23/h4-18,36H,3H2,1-2H3,(H,34,38)/b28-6-. The van der Waals surface area contributed by atoms with Gasteiger partial charge in [0.25, 0.3) is 5.91 Å². The first-order valence-electron chi connectivity index (χ1n) is 11.9. The fourth-order valence-electron chi connectivity index (χ4n) is 3.79. The summed E-state index contributed by atoms with van der Waals surface area (Å²) >= 11 is 12.2. The van der Waals surface area contributed by atoms with Crippen molar-refractivity contribution >= 4 is 57.7 Å². The van der Waals surface area contributed by atoms with Gasteiger partial charge in [-0.2, -0.15) is 0 Å². The molecule has 0 spiro atoms. The number of carbonyl (C=O) groups is 2. The molecule has 2 N–H and O–H groups in total. The predicted octanol–water partition coefficient (Wildman–Crippen LogP) is 7.95. The molecule has 0 saturated carbocycles. The Bertz CT molecular complexity index is 1500. The zero-order valence-electron chi connectivity index (χ0n) is 20.8. The molecule has 0 bridgehead atoms. The number of aliphatic hydroxyl groups is 1. The summed E-state index contributed by atoms with van der Waals surface area (Å²) in [6.45, 7) is 1.88. The number of hydrogen-bond donors (Lipinski definition) is 2. The molecule has 8 heteroatoms. The molecule has 0 fully saturated rings. The van der Waals surface area contributed by atoms with Gasteiger partial charge in [-0.1, -0.05) is 42.3 Å². The number of aliphatic hydroxyl groups excluding tert-OH is 1. The van der Waals surface area contributed by atoms with Crippen LogP contribution in [-0.4, -0.2) is 28.8 Å². The van der Waals surface area contributed by atoms with Crippen LogP contribution in [0.2, 0.25) is 10.0 Å². The predicted molar refractivity (Wildman–Crippen MR) is 154 cm³/mol. The lowest BCUT2D eigenvalue weighted by Crippen LogP contribution is -2.15. The summed E-state index contributed by atoms with van der Waals surface area (Å²) in [7, 11) is 1.89. The molecule has 38 heavy (non-hydrogen) atoms. The lowest BCUT2D eigenvalue weighted by Gasteiger charge is -2.19. The molecule has 1 heterocycles. The van der Waals surface area contributed by atoms with Crippen LogP contribution in [0.3, 0.4) is 0 Å². The third-order valence-corrected chi connectivity index (χ3v) is 6.44. The first kappa shape index (κ1) is 26.9. The van der Waals surface area contributed by atoms with Crippen molar-refractivity contribution in [2.45, 2.75) is 13.3 Å². The van der Waals surface area contributed by atoms with Gasteiger partial charge in [0.1, 0.15) is 11.5 Å². The molecule has 0 radical (unpaired) electrons. The number of nitrogens with one attached hydrogen (secondary N) is 1. The van der Waals surface area contributed by atoms with Gasteiger partial charge in [-0.3, -0.25) is 14.6 Å². The number of para-hydroxylation sites is 1. The van der Waals surface area contributed by atoms with E-state index in [0.717, 1.165) is 11.4 Å². The quantitative estimate of drug-likeness (QED) is 0.173. The lowest BCUT2D eigenvalue weighted by molar-refractivity contribution is 0.102. The second-order valence-corrected chi connectivity index (χ2v) is 9.34. The Kier molecular flexibility index (Phi) is 8.46. The fraction of sp³-hybridized carbons (Fsp3) is 0.100.